The first kappa shape index (κ1) is 16.5. The number of rotatable bonds is 5. The molecule has 1 aliphatic heterocycles. The summed E-state index contributed by atoms with van der Waals surface area (Å²) in [5.74, 6) is 0.942. The van der Waals surface area contributed by atoms with Crippen molar-refractivity contribution in [3.05, 3.63) is 48.0 Å². The molecule has 6 heteroatoms. The first-order chi connectivity index (χ1) is 11.6. The Hall–Kier alpha value is -2.34. The van der Waals surface area contributed by atoms with Crippen LogP contribution in [0.5, 0.6) is 0 Å². The molecule has 1 amide bonds. The van der Waals surface area contributed by atoms with Crippen molar-refractivity contribution in [1.29, 1.82) is 0 Å². The third-order valence-electron chi connectivity index (χ3n) is 4.33. The van der Waals surface area contributed by atoms with Crippen LogP contribution in [0.2, 0.25) is 0 Å². The fourth-order valence-electron chi connectivity index (χ4n) is 2.91. The Morgan fingerprint density at radius 3 is 2.83 bits per heavy atom. The summed E-state index contributed by atoms with van der Waals surface area (Å²) in [6, 6.07) is 6.98. The van der Waals surface area contributed by atoms with Gasteiger partial charge < -0.3 is 19.7 Å². The van der Waals surface area contributed by atoms with E-state index in [9.17, 15) is 9.90 Å². The number of hydrogen-bond donors (Lipinski definition) is 2. The maximum atomic E-state index is 12.7. The van der Waals surface area contributed by atoms with Crippen LogP contribution in [-0.4, -0.2) is 40.5 Å². The fraction of sp³-hybridized carbons (Fsp3) is 0.444. The quantitative estimate of drug-likeness (QED) is 0.881. The molecule has 1 unspecified atom stereocenters. The predicted octanol–water partition coefficient (Wildman–Crippen LogP) is 2.62. The van der Waals surface area contributed by atoms with Crippen molar-refractivity contribution in [3.63, 3.8) is 0 Å². The van der Waals surface area contributed by atoms with Gasteiger partial charge in [-0.05, 0) is 50.5 Å². The Bertz CT molecular complexity index is 677. The molecule has 3 rings (SSSR count). The Morgan fingerprint density at radius 1 is 1.33 bits per heavy atom. The molecular formula is C18H23N3O3. The van der Waals surface area contributed by atoms with Crippen LogP contribution in [-0.2, 0) is 5.60 Å². The molecule has 1 atom stereocenters. The molecule has 128 valence electrons. The summed E-state index contributed by atoms with van der Waals surface area (Å²) in [4.78, 5) is 18.9. The highest BCUT2D eigenvalue weighted by molar-refractivity contribution is 5.98. The van der Waals surface area contributed by atoms with E-state index in [0.29, 0.717) is 17.1 Å². The molecular weight excluding hydrogens is 306 g/mol. The summed E-state index contributed by atoms with van der Waals surface area (Å²) >= 11 is 0. The van der Waals surface area contributed by atoms with Gasteiger partial charge in [-0.2, -0.15) is 0 Å². The lowest BCUT2D eigenvalue weighted by molar-refractivity contribution is 0.0474. The monoisotopic (exact) mass is 329 g/mol. The molecule has 0 radical (unpaired) electrons. The van der Waals surface area contributed by atoms with Crippen LogP contribution >= 0.6 is 0 Å². The summed E-state index contributed by atoms with van der Waals surface area (Å²) in [5.41, 5.74) is -0.651. The van der Waals surface area contributed by atoms with Crippen molar-refractivity contribution < 1.29 is 14.3 Å². The number of carbonyl (C=O) groups is 1. The van der Waals surface area contributed by atoms with Gasteiger partial charge in [-0.15, -0.1) is 0 Å². The zero-order valence-electron chi connectivity index (χ0n) is 13.9. The summed E-state index contributed by atoms with van der Waals surface area (Å²) in [5, 5.41) is 13.6. The molecule has 1 saturated heterocycles. The normalized spacial score (nSPS) is 17.3. The average Bonchev–Trinajstić information content (AvgIpc) is 3.16. The molecule has 0 aromatic carbocycles. The Morgan fingerprint density at radius 2 is 2.12 bits per heavy atom. The minimum atomic E-state index is -1.19. The van der Waals surface area contributed by atoms with Crippen LogP contribution in [0.4, 0.5) is 5.82 Å². The molecule has 1 fully saturated rings. The zero-order chi connectivity index (χ0) is 17.0. The molecule has 3 heterocycles. The number of likely N-dealkylation sites (tertiary alicyclic amines) is 1. The highest BCUT2D eigenvalue weighted by Gasteiger charge is 2.27. The van der Waals surface area contributed by atoms with Gasteiger partial charge in [0.2, 0.25) is 0 Å². The van der Waals surface area contributed by atoms with Gasteiger partial charge in [-0.1, -0.05) is 0 Å². The Kier molecular flexibility index (Phi) is 4.85. The smallest absolute Gasteiger partial charge is 0.257 e. The van der Waals surface area contributed by atoms with E-state index < -0.39 is 5.60 Å². The van der Waals surface area contributed by atoms with Gasteiger partial charge in [0.15, 0.2) is 0 Å². The van der Waals surface area contributed by atoms with Crippen LogP contribution in [0, 0.1) is 0 Å². The topological polar surface area (TPSA) is 78.6 Å². The van der Waals surface area contributed by atoms with Gasteiger partial charge in [0.05, 0.1) is 18.4 Å². The molecule has 1 aliphatic rings. The molecule has 0 aliphatic carbocycles. The minimum absolute atomic E-state index is 0.0112. The van der Waals surface area contributed by atoms with Gasteiger partial charge in [0.1, 0.15) is 17.2 Å². The van der Waals surface area contributed by atoms with Crippen molar-refractivity contribution in [1.82, 2.24) is 9.88 Å². The molecule has 24 heavy (non-hydrogen) atoms. The van der Waals surface area contributed by atoms with E-state index >= 15 is 0 Å². The highest BCUT2D eigenvalue weighted by atomic mass is 16.4. The van der Waals surface area contributed by atoms with Gasteiger partial charge in [-0.3, -0.25) is 4.79 Å². The van der Waals surface area contributed by atoms with E-state index in [1.807, 2.05) is 4.90 Å². The zero-order valence-corrected chi connectivity index (χ0v) is 13.9. The number of amides is 1. The minimum Gasteiger partial charge on any atom is -0.466 e. The molecule has 2 aromatic heterocycles. The maximum absolute atomic E-state index is 12.7. The second-order valence-corrected chi connectivity index (χ2v) is 6.36. The highest BCUT2D eigenvalue weighted by Crippen LogP contribution is 2.23. The first-order valence-corrected chi connectivity index (χ1v) is 8.32. The van der Waals surface area contributed by atoms with Crippen molar-refractivity contribution in [2.45, 2.75) is 31.8 Å². The average molecular weight is 329 g/mol. The largest absolute Gasteiger partial charge is 0.466 e. The van der Waals surface area contributed by atoms with Crippen molar-refractivity contribution in [3.8, 4) is 0 Å². The third-order valence-corrected chi connectivity index (χ3v) is 4.33. The second kappa shape index (κ2) is 7.05. The van der Waals surface area contributed by atoms with E-state index in [1.165, 1.54) is 12.7 Å². The summed E-state index contributed by atoms with van der Waals surface area (Å²) < 4.78 is 5.27. The Labute approximate surface area is 141 Å². The summed E-state index contributed by atoms with van der Waals surface area (Å²) in [6.07, 6.45) is 6.42. The number of furan rings is 1. The number of aromatic nitrogens is 1. The van der Waals surface area contributed by atoms with Gasteiger partial charge in [-0.25, -0.2) is 4.98 Å². The van der Waals surface area contributed by atoms with Gasteiger partial charge >= 0.3 is 0 Å². The lowest BCUT2D eigenvalue weighted by Gasteiger charge is -2.28. The molecule has 0 saturated carbocycles. The molecule has 0 spiro atoms. The number of pyridine rings is 1. The SMILES string of the molecule is CC(O)(CNc1ncccc1C(=O)N1CCCCC1)c1ccco1. The van der Waals surface area contributed by atoms with E-state index in [1.54, 1.807) is 37.4 Å². The first-order valence-electron chi connectivity index (χ1n) is 8.32. The van der Waals surface area contributed by atoms with Gasteiger partial charge in [0.25, 0.3) is 5.91 Å². The number of carbonyl (C=O) groups excluding carboxylic acids is 1. The van der Waals surface area contributed by atoms with Gasteiger partial charge in [0, 0.05) is 19.3 Å². The van der Waals surface area contributed by atoms with Crippen LogP contribution < -0.4 is 5.32 Å². The Balaban J connectivity index is 1.73. The van der Waals surface area contributed by atoms with E-state index in [-0.39, 0.29) is 12.5 Å². The number of nitrogens with one attached hydrogen (secondary N) is 1. The maximum Gasteiger partial charge on any atom is 0.257 e. The van der Waals surface area contributed by atoms with Crippen LogP contribution in [0.1, 0.15) is 42.3 Å². The molecule has 2 aromatic rings. The molecule has 6 nitrogen and oxygen atoms in total. The van der Waals surface area contributed by atoms with E-state index in [0.717, 1.165) is 25.9 Å². The fourth-order valence-corrected chi connectivity index (χ4v) is 2.91. The van der Waals surface area contributed by atoms with Crippen molar-refractivity contribution in [2.75, 3.05) is 25.0 Å². The lowest BCUT2D eigenvalue weighted by Crippen LogP contribution is -2.36. The number of nitrogens with zero attached hydrogens (tertiary/aromatic N) is 2. The predicted molar refractivity (Wildman–Crippen MR) is 90.8 cm³/mol. The van der Waals surface area contributed by atoms with Crippen LogP contribution in [0.3, 0.4) is 0 Å². The lowest BCUT2D eigenvalue weighted by atomic mass is 10.0. The van der Waals surface area contributed by atoms with Crippen molar-refractivity contribution in [2.24, 2.45) is 0 Å². The third kappa shape index (κ3) is 3.59. The van der Waals surface area contributed by atoms with Crippen LogP contribution in [0.25, 0.3) is 0 Å². The van der Waals surface area contributed by atoms with Crippen molar-refractivity contribution >= 4 is 11.7 Å². The van der Waals surface area contributed by atoms with Crippen LogP contribution in [0.15, 0.2) is 41.1 Å². The molecule has 0 bridgehead atoms. The van der Waals surface area contributed by atoms with E-state index in [2.05, 4.69) is 10.3 Å². The summed E-state index contributed by atoms with van der Waals surface area (Å²) in [7, 11) is 0. The second-order valence-electron chi connectivity index (χ2n) is 6.36. The number of hydrogen-bond acceptors (Lipinski definition) is 5. The number of piperidine rings is 1. The van der Waals surface area contributed by atoms with E-state index in [4.69, 9.17) is 4.42 Å². The summed E-state index contributed by atoms with van der Waals surface area (Å²) in [6.45, 7) is 3.43. The number of aliphatic hydroxyl groups is 1. The molecule has 2 N–H and O–H groups in total. The standard InChI is InChI=1S/C18H23N3O3/c1-18(23,15-8-6-12-24-15)13-20-16-14(7-5-9-19-16)17(22)21-10-3-2-4-11-21/h5-9,12,23H,2-4,10-11,13H2,1H3,(H,19,20). The number of anilines is 1.